The van der Waals surface area contributed by atoms with Crippen LogP contribution in [0.15, 0.2) is 22.6 Å². The van der Waals surface area contributed by atoms with E-state index in [0.717, 1.165) is 0 Å². The van der Waals surface area contributed by atoms with Gasteiger partial charge in [0.25, 0.3) is 0 Å². The van der Waals surface area contributed by atoms with Crippen molar-refractivity contribution in [3.05, 3.63) is 28.1 Å². The van der Waals surface area contributed by atoms with Crippen LogP contribution in [0.5, 0.6) is 11.5 Å². The molecule has 4 N–H and O–H groups in total. The van der Waals surface area contributed by atoms with Crippen molar-refractivity contribution in [3.63, 3.8) is 0 Å². The lowest BCUT2D eigenvalue weighted by atomic mass is 10.2. The minimum absolute atomic E-state index is 0.225. The molecule has 1 heterocycles. The molecule has 0 aliphatic heterocycles. The number of carboxylic acids is 1. The summed E-state index contributed by atoms with van der Waals surface area (Å²) in [6.07, 6.45) is 1.42. The van der Waals surface area contributed by atoms with E-state index in [9.17, 15) is 4.79 Å². The van der Waals surface area contributed by atoms with Crippen molar-refractivity contribution in [3.8, 4) is 11.5 Å². The van der Waals surface area contributed by atoms with Crippen molar-refractivity contribution in [2.75, 3.05) is 24.9 Å². The number of nitrogens with two attached hydrogens (primary N) is 1. The third-order valence-corrected chi connectivity index (χ3v) is 3.48. The van der Waals surface area contributed by atoms with Gasteiger partial charge in [0.2, 0.25) is 5.13 Å². The Labute approximate surface area is 140 Å². The lowest BCUT2D eigenvalue weighted by Gasteiger charge is -2.12. The first-order valence-electron chi connectivity index (χ1n) is 6.22. The van der Waals surface area contributed by atoms with Crippen LogP contribution in [0.25, 0.3) is 0 Å². The van der Waals surface area contributed by atoms with Crippen molar-refractivity contribution in [1.29, 1.82) is 0 Å². The lowest BCUT2D eigenvalue weighted by molar-refractivity contribution is -0.139. The fourth-order valence-electron chi connectivity index (χ4n) is 1.62. The van der Waals surface area contributed by atoms with Crippen LogP contribution >= 0.6 is 22.9 Å². The number of rotatable bonds is 7. The van der Waals surface area contributed by atoms with Gasteiger partial charge in [-0.05, 0) is 6.07 Å². The third-order valence-electron chi connectivity index (χ3n) is 2.49. The van der Waals surface area contributed by atoms with E-state index in [-0.39, 0.29) is 5.75 Å². The highest BCUT2D eigenvalue weighted by Gasteiger charge is 2.13. The highest BCUT2D eigenvalue weighted by molar-refractivity contribution is 7.14. The summed E-state index contributed by atoms with van der Waals surface area (Å²) in [4.78, 5) is 14.7. The predicted molar refractivity (Wildman–Crippen MR) is 88.9 cm³/mol. The first-order chi connectivity index (χ1) is 11.0. The Morgan fingerprint density at radius 3 is 3.00 bits per heavy atom. The minimum atomic E-state index is -1.11. The Balaban J connectivity index is 2.23. The van der Waals surface area contributed by atoms with Crippen LogP contribution in [-0.2, 0) is 4.79 Å². The molecule has 0 unspecified atom stereocenters. The first kappa shape index (κ1) is 16.8. The Bertz CT molecular complexity index is 735. The van der Waals surface area contributed by atoms with Gasteiger partial charge in [-0.25, -0.2) is 9.78 Å². The molecular weight excluding hydrogens is 344 g/mol. The zero-order chi connectivity index (χ0) is 16.8. The van der Waals surface area contributed by atoms with Gasteiger partial charge in [-0.3, -0.25) is 5.43 Å². The van der Waals surface area contributed by atoms with Gasteiger partial charge in [-0.1, -0.05) is 11.6 Å². The molecule has 1 aromatic heterocycles. The van der Waals surface area contributed by atoms with Gasteiger partial charge in [0, 0.05) is 22.0 Å². The van der Waals surface area contributed by atoms with Gasteiger partial charge in [0.05, 0.1) is 13.3 Å². The van der Waals surface area contributed by atoms with Crippen LogP contribution in [0, 0.1) is 0 Å². The van der Waals surface area contributed by atoms with E-state index in [0.29, 0.717) is 27.3 Å². The number of aliphatic carboxylic acids is 1. The molecule has 0 saturated heterocycles. The largest absolute Gasteiger partial charge is 0.493 e. The summed E-state index contributed by atoms with van der Waals surface area (Å²) in [5.41, 5.74) is 8.66. The van der Waals surface area contributed by atoms with Crippen LogP contribution in [0.4, 0.5) is 10.9 Å². The van der Waals surface area contributed by atoms with Crippen molar-refractivity contribution in [2.24, 2.45) is 5.10 Å². The molecule has 2 rings (SSSR count). The number of benzene rings is 1. The molecule has 2 aromatic rings. The number of nitrogens with one attached hydrogen (secondary N) is 1. The number of thiazole rings is 1. The predicted octanol–water partition coefficient (Wildman–Crippen LogP) is 2.30. The summed E-state index contributed by atoms with van der Waals surface area (Å²) in [6, 6.07) is 3.09. The smallest absolute Gasteiger partial charge is 0.341 e. The number of hydrazone groups is 1. The van der Waals surface area contributed by atoms with Crippen molar-refractivity contribution in [1.82, 2.24) is 4.98 Å². The molecule has 0 radical (unpaired) electrons. The molecule has 0 saturated carbocycles. The van der Waals surface area contributed by atoms with Crippen molar-refractivity contribution >= 4 is 46.1 Å². The Morgan fingerprint density at radius 1 is 1.61 bits per heavy atom. The van der Waals surface area contributed by atoms with E-state index in [4.69, 9.17) is 31.9 Å². The number of nitrogens with zero attached hydrogens (tertiary/aromatic N) is 2. The summed E-state index contributed by atoms with van der Waals surface area (Å²) in [5, 5.41) is 15.3. The first-order valence-corrected chi connectivity index (χ1v) is 7.47. The number of hydrogen-bond acceptors (Lipinski definition) is 8. The molecule has 122 valence electrons. The number of halogens is 1. The van der Waals surface area contributed by atoms with Gasteiger partial charge in [0.15, 0.2) is 18.1 Å². The van der Waals surface area contributed by atoms with E-state index in [1.54, 1.807) is 11.4 Å². The maximum Gasteiger partial charge on any atom is 0.341 e. The van der Waals surface area contributed by atoms with Gasteiger partial charge >= 0.3 is 5.97 Å². The highest BCUT2D eigenvalue weighted by atomic mass is 35.5. The summed E-state index contributed by atoms with van der Waals surface area (Å²) in [7, 11) is 1.43. The number of carboxylic acid groups (broad SMARTS) is 1. The number of ether oxygens (including phenoxy) is 2. The number of anilines is 2. The second-order valence-electron chi connectivity index (χ2n) is 4.16. The number of hydrogen-bond donors (Lipinski definition) is 3. The molecule has 23 heavy (non-hydrogen) atoms. The second-order valence-corrected chi connectivity index (χ2v) is 5.45. The van der Waals surface area contributed by atoms with Gasteiger partial charge in [-0.15, -0.1) is 11.3 Å². The van der Waals surface area contributed by atoms with Crippen LogP contribution in [0.2, 0.25) is 5.02 Å². The number of carbonyl (C=O) groups is 1. The molecule has 0 fully saturated rings. The van der Waals surface area contributed by atoms with Gasteiger partial charge in [-0.2, -0.15) is 5.10 Å². The van der Waals surface area contributed by atoms with E-state index >= 15 is 0 Å². The molecule has 8 nitrogen and oxygen atoms in total. The summed E-state index contributed by atoms with van der Waals surface area (Å²) >= 11 is 7.30. The van der Waals surface area contributed by atoms with Gasteiger partial charge in [0.1, 0.15) is 5.82 Å². The lowest BCUT2D eigenvalue weighted by Crippen LogP contribution is -2.11. The average molecular weight is 357 g/mol. The quantitative estimate of drug-likeness (QED) is 0.514. The Hall–Kier alpha value is -2.52. The highest BCUT2D eigenvalue weighted by Crippen LogP contribution is 2.34. The number of nitrogen functional groups attached to an aromatic ring is 1. The third kappa shape index (κ3) is 4.73. The van der Waals surface area contributed by atoms with E-state index in [2.05, 4.69) is 15.5 Å². The fourth-order valence-corrected chi connectivity index (χ4v) is 2.38. The molecule has 0 spiro atoms. The molecule has 1 aromatic carbocycles. The Kier molecular flexibility index (Phi) is 5.61. The molecule has 0 atom stereocenters. The maximum absolute atomic E-state index is 10.7. The standard InChI is InChI=1S/C13H13ClN4O4S/c1-21-9-3-8(14)2-7(12(9)22-5-11(19)20)4-16-18-13-17-10(15)6-23-13/h2-4,6H,5,15H2,1H3,(H,17,18)(H,19,20). The van der Waals surface area contributed by atoms with E-state index < -0.39 is 12.6 Å². The molecule has 0 amide bonds. The average Bonchev–Trinajstić information content (AvgIpc) is 2.91. The van der Waals surface area contributed by atoms with Crippen LogP contribution < -0.4 is 20.6 Å². The Morgan fingerprint density at radius 2 is 2.39 bits per heavy atom. The number of methoxy groups -OCH3 is 1. The van der Waals surface area contributed by atoms with E-state index in [1.165, 1.54) is 30.7 Å². The molecule has 0 aliphatic rings. The summed E-state index contributed by atoms with van der Waals surface area (Å²) in [5.74, 6) is -0.189. The SMILES string of the molecule is COc1cc(Cl)cc(C=NNc2nc(N)cs2)c1OCC(=O)O. The number of aromatic nitrogens is 1. The van der Waals surface area contributed by atoms with Crippen LogP contribution in [0.1, 0.15) is 5.56 Å². The van der Waals surface area contributed by atoms with Crippen molar-refractivity contribution < 1.29 is 19.4 Å². The molecular formula is C13H13ClN4O4S. The van der Waals surface area contributed by atoms with Crippen LogP contribution in [0.3, 0.4) is 0 Å². The van der Waals surface area contributed by atoms with Crippen LogP contribution in [-0.4, -0.2) is 36.0 Å². The zero-order valence-corrected chi connectivity index (χ0v) is 13.5. The fraction of sp³-hybridized carbons (Fsp3) is 0.154. The summed E-state index contributed by atoms with van der Waals surface area (Å²) in [6.45, 7) is -0.519. The molecule has 0 aliphatic carbocycles. The monoisotopic (exact) mass is 356 g/mol. The maximum atomic E-state index is 10.7. The van der Waals surface area contributed by atoms with E-state index in [1.807, 2.05) is 0 Å². The molecule has 10 heteroatoms. The van der Waals surface area contributed by atoms with Crippen molar-refractivity contribution in [2.45, 2.75) is 0 Å². The minimum Gasteiger partial charge on any atom is -0.493 e. The summed E-state index contributed by atoms with van der Waals surface area (Å²) < 4.78 is 10.4. The topological polar surface area (TPSA) is 119 Å². The normalized spacial score (nSPS) is 10.7. The molecule has 0 bridgehead atoms. The zero-order valence-electron chi connectivity index (χ0n) is 11.9. The second kappa shape index (κ2) is 7.65. The van der Waals surface area contributed by atoms with Gasteiger partial charge < -0.3 is 20.3 Å².